The van der Waals surface area contributed by atoms with Crippen LogP contribution in [0.2, 0.25) is 0 Å². The lowest BCUT2D eigenvalue weighted by molar-refractivity contribution is -0.121. The van der Waals surface area contributed by atoms with Crippen molar-refractivity contribution in [2.75, 3.05) is 13.1 Å². The number of aliphatic imine (C=N–C) groups is 1. The molecule has 0 N–H and O–H groups in total. The summed E-state index contributed by atoms with van der Waals surface area (Å²) < 4.78 is 0. The van der Waals surface area contributed by atoms with Crippen molar-refractivity contribution in [2.45, 2.75) is 0 Å². The van der Waals surface area contributed by atoms with Gasteiger partial charge >= 0.3 is 0 Å². The van der Waals surface area contributed by atoms with Gasteiger partial charge in [0.15, 0.2) is 0 Å². The van der Waals surface area contributed by atoms with Gasteiger partial charge in [0.1, 0.15) is 0 Å². The minimum atomic E-state index is -0.0729. The molecule has 1 rings (SSSR count). The van der Waals surface area contributed by atoms with E-state index in [9.17, 15) is 4.79 Å². The van der Waals surface area contributed by atoms with E-state index in [1.807, 2.05) is 0 Å². The second-order valence-electron chi connectivity index (χ2n) is 1.76. The van der Waals surface area contributed by atoms with Crippen LogP contribution in [-0.4, -0.2) is 30.2 Å². The second-order valence-corrected chi connectivity index (χ2v) is 1.76. The molecule has 9 heavy (non-hydrogen) atoms. The molecule has 0 saturated heterocycles. The first-order valence-electron chi connectivity index (χ1n) is 2.77. The molecule has 0 bridgehead atoms. The average molecular weight is 124 g/mol. The van der Waals surface area contributed by atoms with Crippen molar-refractivity contribution < 1.29 is 4.79 Å². The van der Waals surface area contributed by atoms with Gasteiger partial charge in [-0.3, -0.25) is 14.7 Å². The van der Waals surface area contributed by atoms with Crippen LogP contribution in [0.25, 0.3) is 0 Å². The molecule has 0 aromatic carbocycles. The molecular weight excluding hydrogens is 116 g/mol. The topological polar surface area (TPSA) is 32.7 Å². The number of rotatable bonds is 1. The Morgan fingerprint density at radius 2 is 2.67 bits per heavy atom. The molecule has 0 saturated carbocycles. The molecule has 0 aromatic rings. The van der Waals surface area contributed by atoms with Crippen LogP contribution in [0.4, 0.5) is 0 Å². The first kappa shape index (κ1) is 6.01. The first-order valence-corrected chi connectivity index (χ1v) is 2.77. The van der Waals surface area contributed by atoms with Gasteiger partial charge in [0.25, 0.3) is 5.91 Å². The number of hydrogen-bond acceptors (Lipinski definition) is 2. The van der Waals surface area contributed by atoms with Gasteiger partial charge in [-0.05, 0) is 6.08 Å². The van der Waals surface area contributed by atoms with Gasteiger partial charge in [-0.15, -0.1) is 0 Å². The fourth-order valence-corrected chi connectivity index (χ4v) is 0.664. The van der Waals surface area contributed by atoms with Gasteiger partial charge in [0, 0.05) is 6.54 Å². The van der Waals surface area contributed by atoms with E-state index in [4.69, 9.17) is 0 Å². The highest BCUT2D eigenvalue weighted by Gasteiger charge is 2.09. The summed E-state index contributed by atoms with van der Waals surface area (Å²) in [5, 5.41) is 0. The van der Waals surface area contributed by atoms with E-state index in [-0.39, 0.29) is 5.91 Å². The molecule has 1 aliphatic heterocycles. The Kier molecular flexibility index (Phi) is 1.63. The van der Waals surface area contributed by atoms with Crippen LogP contribution in [0.1, 0.15) is 0 Å². The molecule has 0 aromatic heterocycles. The predicted octanol–water partition coefficient (Wildman–Crippen LogP) is 0.0429. The monoisotopic (exact) mass is 124 g/mol. The number of amides is 1. The molecule has 0 aliphatic carbocycles. The fourth-order valence-electron chi connectivity index (χ4n) is 0.664. The van der Waals surface area contributed by atoms with Crippen LogP contribution in [-0.2, 0) is 4.79 Å². The third kappa shape index (κ3) is 1.16. The molecule has 3 nitrogen and oxygen atoms in total. The summed E-state index contributed by atoms with van der Waals surface area (Å²) in [7, 11) is 0. The molecule has 0 atom stereocenters. The first-order chi connectivity index (χ1) is 4.34. The Balaban J connectivity index is 2.52. The maximum atomic E-state index is 10.7. The molecule has 1 amide bonds. The van der Waals surface area contributed by atoms with Crippen LogP contribution < -0.4 is 0 Å². The van der Waals surface area contributed by atoms with Crippen molar-refractivity contribution in [1.82, 2.24) is 4.90 Å². The molecule has 0 fully saturated rings. The van der Waals surface area contributed by atoms with Crippen LogP contribution >= 0.6 is 0 Å². The molecule has 1 aliphatic rings. The van der Waals surface area contributed by atoms with Crippen molar-refractivity contribution >= 4 is 12.2 Å². The lowest BCUT2D eigenvalue weighted by atomic mass is 10.5. The number of carbonyl (C=O) groups excluding carboxylic acids is 1. The average Bonchev–Trinajstić information content (AvgIpc) is 2.37. The molecular formula is C6H8N2O. The van der Waals surface area contributed by atoms with Crippen LogP contribution in [0.15, 0.2) is 17.6 Å². The highest BCUT2D eigenvalue weighted by Crippen LogP contribution is 1.93. The Morgan fingerprint density at radius 3 is 3.11 bits per heavy atom. The van der Waals surface area contributed by atoms with Crippen molar-refractivity contribution in [3.05, 3.63) is 12.7 Å². The predicted molar refractivity (Wildman–Crippen MR) is 35.3 cm³/mol. The second kappa shape index (κ2) is 2.44. The summed E-state index contributed by atoms with van der Waals surface area (Å²) in [6.07, 6.45) is 2.83. The highest BCUT2D eigenvalue weighted by atomic mass is 16.2. The van der Waals surface area contributed by atoms with Gasteiger partial charge in [-0.1, -0.05) is 6.58 Å². The van der Waals surface area contributed by atoms with E-state index in [2.05, 4.69) is 11.6 Å². The van der Waals surface area contributed by atoms with Crippen LogP contribution in [0, 0.1) is 0 Å². The van der Waals surface area contributed by atoms with E-state index in [1.54, 1.807) is 6.34 Å². The maximum absolute atomic E-state index is 10.7. The molecule has 0 radical (unpaired) electrons. The molecule has 1 heterocycles. The van der Waals surface area contributed by atoms with Gasteiger partial charge in [-0.2, -0.15) is 0 Å². The highest BCUT2D eigenvalue weighted by molar-refractivity contribution is 5.95. The van der Waals surface area contributed by atoms with E-state index in [1.165, 1.54) is 11.0 Å². The van der Waals surface area contributed by atoms with E-state index >= 15 is 0 Å². The van der Waals surface area contributed by atoms with Gasteiger partial charge in [-0.25, -0.2) is 0 Å². The summed E-state index contributed by atoms with van der Waals surface area (Å²) in [5.74, 6) is -0.0729. The normalized spacial score (nSPS) is 16.2. The van der Waals surface area contributed by atoms with Crippen molar-refractivity contribution in [2.24, 2.45) is 4.99 Å². The largest absolute Gasteiger partial charge is 0.298 e. The minimum absolute atomic E-state index is 0.0729. The summed E-state index contributed by atoms with van der Waals surface area (Å²) in [5.41, 5.74) is 0. The lowest BCUT2D eigenvalue weighted by Crippen LogP contribution is -2.25. The van der Waals surface area contributed by atoms with Crippen molar-refractivity contribution in [1.29, 1.82) is 0 Å². The van der Waals surface area contributed by atoms with Crippen molar-refractivity contribution in [3.63, 3.8) is 0 Å². The number of nitrogens with zero attached hydrogens (tertiary/aromatic N) is 2. The summed E-state index contributed by atoms with van der Waals surface area (Å²) in [6.45, 7) is 4.77. The third-order valence-electron chi connectivity index (χ3n) is 1.15. The summed E-state index contributed by atoms with van der Waals surface area (Å²) >= 11 is 0. The van der Waals surface area contributed by atoms with Crippen LogP contribution in [0.5, 0.6) is 0 Å². The van der Waals surface area contributed by atoms with Gasteiger partial charge < -0.3 is 0 Å². The molecule has 0 unspecified atom stereocenters. The van der Waals surface area contributed by atoms with E-state index in [0.717, 1.165) is 6.54 Å². The summed E-state index contributed by atoms with van der Waals surface area (Å²) in [6, 6.07) is 0. The Morgan fingerprint density at radius 1 is 1.89 bits per heavy atom. The lowest BCUT2D eigenvalue weighted by Gasteiger charge is -2.06. The molecule has 48 valence electrons. The maximum Gasteiger partial charge on any atom is 0.251 e. The Bertz CT molecular complexity index is 162. The summed E-state index contributed by atoms with van der Waals surface area (Å²) in [4.78, 5) is 16.1. The zero-order valence-electron chi connectivity index (χ0n) is 5.08. The Hall–Kier alpha value is -1.12. The van der Waals surface area contributed by atoms with E-state index < -0.39 is 0 Å². The van der Waals surface area contributed by atoms with Gasteiger partial charge in [0.05, 0.1) is 12.9 Å². The van der Waals surface area contributed by atoms with Gasteiger partial charge in [0.2, 0.25) is 0 Å². The SMILES string of the molecule is C=CC(=O)N1C=NCC1. The van der Waals surface area contributed by atoms with Crippen molar-refractivity contribution in [3.8, 4) is 0 Å². The zero-order valence-corrected chi connectivity index (χ0v) is 5.08. The Labute approximate surface area is 53.7 Å². The zero-order chi connectivity index (χ0) is 6.69. The molecule has 0 spiro atoms. The smallest absolute Gasteiger partial charge is 0.251 e. The molecule has 3 heteroatoms. The fraction of sp³-hybridized carbons (Fsp3) is 0.333. The van der Waals surface area contributed by atoms with Crippen LogP contribution in [0.3, 0.4) is 0 Å². The third-order valence-corrected chi connectivity index (χ3v) is 1.15. The number of carbonyl (C=O) groups is 1. The standard InChI is InChI=1S/C6H8N2O/c1-2-6(9)8-4-3-7-5-8/h2,5H,1,3-4H2. The quantitative estimate of drug-likeness (QED) is 0.454. The van der Waals surface area contributed by atoms with E-state index in [0.29, 0.717) is 6.54 Å². The number of hydrogen-bond donors (Lipinski definition) is 0. The minimum Gasteiger partial charge on any atom is -0.298 e.